The van der Waals surface area contributed by atoms with E-state index in [0.29, 0.717) is 5.88 Å². The number of hydrogen-bond acceptors (Lipinski definition) is 5. The molecule has 2 rings (SSSR count). The molecule has 1 heterocycles. The van der Waals surface area contributed by atoms with Gasteiger partial charge in [-0.2, -0.15) is 0 Å². The van der Waals surface area contributed by atoms with E-state index in [1.165, 1.54) is 11.9 Å². The average Bonchev–Trinajstić information content (AvgIpc) is 2.55. The van der Waals surface area contributed by atoms with Crippen LogP contribution in [-0.4, -0.2) is 30.7 Å². The van der Waals surface area contributed by atoms with Gasteiger partial charge in [0.15, 0.2) is 0 Å². The number of ether oxygens (including phenoxy) is 2. The molecular weight excluding hydrogens is 266 g/mol. The first-order chi connectivity index (χ1) is 10.3. The predicted molar refractivity (Wildman–Crippen MR) is 81.7 cm³/mol. The maximum Gasteiger partial charge on any atom is 0.216 e. The number of likely N-dealkylation sites (N-methyl/N-ethyl adjacent to an activating group) is 1. The average molecular weight is 287 g/mol. The minimum atomic E-state index is 0.195. The van der Waals surface area contributed by atoms with E-state index >= 15 is 0 Å². The van der Waals surface area contributed by atoms with Crippen LogP contribution in [0.2, 0.25) is 0 Å². The molecule has 0 saturated heterocycles. The lowest BCUT2D eigenvalue weighted by atomic mass is 10.0. The van der Waals surface area contributed by atoms with Crippen molar-refractivity contribution in [3.8, 4) is 11.6 Å². The third kappa shape index (κ3) is 4.16. The minimum Gasteiger partial charge on any atom is -0.497 e. The number of nitrogens with zero attached hydrogens (tertiary/aromatic N) is 2. The van der Waals surface area contributed by atoms with Gasteiger partial charge in [-0.25, -0.2) is 9.97 Å². The molecule has 1 aromatic carbocycles. The second-order valence-corrected chi connectivity index (χ2v) is 4.64. The molecule has 0 radical (unpaired) electrons. The number of benzene rings is 1. The summed E-state index contributed by atoms with van der Waals surface area (Å²) in [6.07, 6.45) is 2.31. The van der Waals surface area contributed by atoms with Crippen molar-refractivity contribution >= 4 is 0 Å². The molecule has 0 bridgehead atoms. The fourth-order valence-electron chi connectivity index (χ4n) is 2.20. The van der Waals surface area contributed by atoms with E-state index in [1.54, 1.807) is 14.2 Å². The molecule has 0 aliphatic carbocycles. The number of aromatic nitrogens is 2. The van der Waals surface area contributed by atoms with Gasteiger partial charge in [0.2, 0.25) is 5.88 Å². The third-order valence-corrected chi connectivity index (χ3v) is 3.29. The molecule has 0 saturated carbocycles. The molecule has 1 atom stereocenters. The van der Waals surface area contributed by atoms with Crippen LogP contribution in [-0.2, 0) is 6.42 Å². The fraction of sp³-hybridized carbons (Fsp3) is 0.375. The minimum absolute atomic E-state index is 0.195. The Morgan fingerprint density at radius 3 is 2.48 bits per heavy atom. The van der Waals surface area contributed by atoms with Crippen molar-refractivity contribution < 1.29 is 9.47 Å². The zero-order valence-corrected chi connectivity index (χ0v) is 12.7. The number of rotatable bonds is 7. The molecule has 0 fully saturated rings. The first-order valence-electron chi connectivity index (χ1n) is 6.99. The van der Waals surface area contributed by atoms with Crippen LogP contribution in [0, 0.1) is 0 Å². The highest BCUT2D eigenvalue weighted by molar-refractivity contribution is 5.30. The van der Waals surface area contributed by atoms with Crippen molar-refractivity contribution in [2.45, 2.75) is 19.4 Å². The Hall–Kier alpha value is -2.14. The van der Waals surface area contributed by atoms with Crippen molar-refractivity contribution in [2.24, 2.45) is 0 Å². The standard InChI is InChI=1S/C16H21N3O2/c1-4-17-15(12-5-7-14(20-2)8-6-12)9-13-10-16(21-3)19-11-18-13/h5-8,10-11,15,17H,4,9H2,1-3H3. The summed E-state index contributed by atoms with van der Waals surface area (Å²) in [4.78, 5) is 8.35. The molecule has 5 nitrogen and oxygen atoms in total. The third-order valence-electron chi connectivity index (χ3n) is 3.29. The van der Waals surface area contributed by atoms with Crippen LogP contribution < -0.4 is 14.8 Å². The van der Waals surface area contributed by atoms with Crippen molar-refractivity contribution in [2.75, 3.05) is 20.8 Å². The van der Waals surface area contributed by atoms with Gasteiger partial charge in [-0.05, 0) is 24.2 Å². The van der Waals surface area contributed by atoms with Crippen molar-refractivity contribution in [3.63, 3.8) is 0 Å². The molecule has 0 aliphatic rings. The monoisotopic (exact) mass is 287 g/mol. The van der Waals surface area contributed by atoms with E-state index in [-0.39, 0.29) is 6.04 Å². The summed E-state index contributed by atoms with van der Waals surface area (Å²) in [6, 6.07) is 10.2. The van der Waals surface area contributed by atoms with E-state index in [4.69, 9.17) is 9.47 Å². The highest BCUT2D eigenvalue weighted by Crippen LogP contribution is 2.21. The van der Waals surface area contributed by atoms with Crippen LogP contribution in [0.1, 0.15) is 24.2 Å². The van der Waals surface area contributed by atoms with E-state index in [9.17, 15) is 0 Å². The van der Waals surface area contributed by atoms with Gasteiger partial charge in [-0.3, -0.25) is 0 Å². The van der Waals surface area contributed by atoms with Gasteiger partial charge in [0.25, 0.3) is 0 Å². The van der Waals surface area contributed by atoms with Gasteiger partial charge in [0.05, 0.1) is 14.2 Å². The molecule has 5 heteroatoms. The van der Waals surface area contributed by atoms with Gasteiger partial charge < -0.3 is 14.8 Å². The molecule has 2 aromatic rings. The Balaban J connectivity index is 2.17. The SMILES string of the molecule is CCNC(Cc1cc(OC)ncn1)c1ccc(OC)cc1. The van der Waals surface area contributed by atoms with E-state index in [1.807, 2.05) is 18.2 Å². The molecule has 1 aromatic heterocycles. The normalized spacial score (nSPS) is 12.0. The summed E-state index contributed by atoms with van der Waals surface area (Å²) >= 11 is 0. The zero-order chi connectivity index (χ0) is 15.1. The molecule has 0 amide bonds. The van der Waals surface area contributed by atoms with Gasteiger partial charge in [-0.1, -0.05) is 19.1 Å². The van der Waals surface area contributed by atoms with Crippen LogP contribution in [0.3, 0.4) is 0 Å². The molecule has 0 aliphatic heterocycles. The number of hydrogen-bond donors (Lipinski definition) is 1. The smallest absolute Gasteiger partial charge is 0.216 e. The summed E-state index contributed by atoms with van der Waals surface area (Å²) < 4.78 is 10.3. The lowest BCUT2D eigenvalue weighted by Gasteiger charge is -2.18. The van der Waals surface area contributed by atoms with E-state index in [2.05, 4.69) is 34.3 Å². The molecule has 0 spiro atoms. The van der Waals surface area contributed by atoms with Crippen LogP contribution >= 0.6 is 0 Å². The summed E-state index contributed by atoms with van der Waals surface area (Å²) in [6.45, 7) is 2.98. The Bertz CT molecular complexity index is 558. The quantitative estimate of drug-likeness (QED) is 0.847. The summed E-state index contributed by atoms with van der Waals surface area (Å²) in [7, 11) is 3.28. The van der Waals surface area contributed by atoms with Crippen LogP contribution in [0.25, 0.3) is 0 Å². The Morgan fingerprint density at radius 2 is 1.86 bits per heavy atom. The van der Waals surface area contributed by atoms with Gasteiger partial charge in [-0.15, -0.1) is 0 Å². The van der Waals surface area contributed by atoms with Gasteiger partial charge in [0.1, 0.15) is 12.1 Å². The first-order valence-corrected chi connectivity index (χ1v) is 6.99. The van der Waals surface area contributed by atoms with Crippen molar-refractivity contribution in [1.29, 1.82) is 0 Å². The Morgan fingerprint density at radius 1 is 1.10 bits per heavy atom. The predicted octanol–water partition coefficient (Wildman–Crippen LogP) is 2.39. The molecular formula is C16H21N3O2. The topological polar surface area (TPSA) is 56.3 Å². The summed E-state index contributed by atoms with van der Waals surface area (Å²) in [5.74, 6) is 1.45. The van der Waals surface area contributed by atoms with Gasteiger partial charge >= 0.3 is 0 Å². The van der Waals surface area contributed by atoms with Crippen LogP contribution in [0.5, 0.6) is 11.6 Å². The van der Waals surface area contributed by atoms with E-state index < -0.39 is 0 Å². The molecule has 1 unspecified atom stereocenters. The maximum atomic E-state index is 5.20. The van der Waals surface area contributed by atoms with Crippen LogP contribution in [0.15, 0.2) is 36.7 Å². The summed E-state index contributed by atoms with van der Waals surface area (Å²) in [5.41, 5.74) is 2.15. The lowest BCUT2D eigenvalue weighted by molar-refractivity contribution is 0.395. The molecule has 112 valence electrons. The van der Waals surface area contributed by atoms with Gasteiger partial charge in [0, 0.05) is 24.2 Å². The van der Waals surface area contributed by atoms with E-state index in [0.717, 1.165) is 24.4 Å². The fourth-order valence-corrected chi connectivity index (χ4v) is 2.20. The second kappa shape index (κ2) is 7.59. The highest BCUT2D eigenvalue weighted by atomic mass is 16.5. The zero-order valence-electron chi connectivity index (χ0n) is 12.7. The maximum absolute atomic E-state index is 5.20. The number of methoxy groups -OCH3 is 2. The van der Waals surface area contributed by atoms with Crippen molar-refractivity contribution in [1.82, 2.24) is 15.3 Å². The Labute approximate surface area is 125 Å². The molecule has 21 heavy (non-hydrogen) atoms. The first kappa shape index (κ1) is 15.3. The van der Waals surface area contributed by atoms with Crippen molar-refractivity contribution in [3.05, 3.63) is 47.9 Å². The second-order valence-electron chi connectivity index (χ2n) is 4.64. The Kier molecular flexibility index (Phi) is 5.51. The van der Waals surface area contributed by atoms with Crippen LogP contribution in [0.4, 0.5) is 0 Å². The summed E-state index contributed by atoms with van der Waals surface area (Å²) in [5, 5.41) is 3.48. The highest BCUT2D eigenvalue weighted by Gasteiger charge is 2.13. The molecule has 1 N–H and O–H groups in total. The number of nitrogens with one attached hydrogen (secondary N) is 1. The largest absolute Gasteiger partial charge is 0.497 e. The lowest BCUT2D eigenvalue weighted by Crippen LogP contribution is -2.23.